The number of benzene rings is 1. The quantitative estimate of drug-likeness (QED) is 0.698. The molecule has 3 rings (SSSR count). The van der Waals surface area contributed by atoms with Crippen LogP contribution in [-0.2, 0) is 12.7 Å². The Kier molecular flexibility index (Phi) is 5.35. The van der Waals surface area contributed by atoms with Crippen molar-refractivity contribution in [3.63, 3.8) is 0 Å². The predicted molar refractivity (Wildman–Crippen MR) is 95.2 cm³/mol. The van der Waals surface area contributed by atoms with Crippen LogP contribution in [0.15, 0.2) is 67.1 Å². The van der Waals surface area contributed by atoms with Crippen molar-refractivity contribution in [1.29, 1.82) is 0 Å². The van der Waals surface area contributed by atoms with Crippen LogP contribution in [0.25, 0.3) is 0 Å². The lowest BCUT2D eigenvalue weighted by molar-refractivity contribution is -0.137. The molecule has 27 heavy (non-hydrogen) atoms. The molecule has 2 N–H and O–H groups in total. The van der Waals surface area contributed by atoms with Crippen molar-refractivity contribution in [1.82, 2.24) is 9.97 Å². The number of aromatic nitrogens is 2. The minimum absolute atomic E-state index is 0.148. The lowest BCUT2D eigenvalue weighted by Crippen LogP contribution is -2.14. The summed E-state index contributed by atoms with van der Waals surface area (Å²) in [4.78, 5) is 20.2. The third-order valence-corrected chi connectivity index (χ3v) is 3.71. The first-order chi connectivity index (χ1) is 12.9. The Bertz CT molecular complexity index is 912. The maximum Gasteiger partial charge on any atom is 0.416 e. The number of carbonyl (C=O) groups is 1. The zero-order valence-corrected chi connectivity index (χ0v) is 14.0. The van der Waals surface area contributed by atoms with Crippen LogP contribution in [0.3, 0.4) is 0 Å². The van der Waals surface area contributed by atoms with Gasteiger partial charge < -0.3 is 10.6 Å². The fraction of sp³-hybridized carbons (Fsp3) is 0.105. The van der Waals surface area contributed by atoms with Crippen LogP contribution >= 0.6 is 0 Å². The van der Waals surface area contributed by atoms with Gasteiger partial charge in [0, 0.05) is 36.5 Å². The SMILES string of the molecule is O=C(Nc1ccc(C(F)(F)F)cc1)c1cc(NCc2ccncc2)ccn1. The van der Waals surface area contributed by atoms with Crippen LogP contribution < -0.4 is 10.6 Å². The molecule has 138 valence electrons. The molecule has 0 aliphatic heterocycles. The smallest absolute Gasteiger partial charge is 0.381 e. The summed E-state index contributed by atoms with van der Waals surface area (Å²) in [5.41, 5.74) is 1.34. The number of hydrogen-bond acceptors (Lipinski definition) is 4. The Hall–Kier alpha value is -3.42. The minimum atomic E-state index is -4.42. The number of pyridine rings is 2. The van der Waals surface area contributed by atoms with Crippen molar-refractivity contribution >= 4 is 17.3 Å². The molecule has 8 heteroatoms. The van der Waals surface area contributed by atoms with Crippen molar-refractivity contribution < 1.29 is 18.0 Å². The monoisotopic (exact) mass is 372 g/mol. The van der Waals surface area contributed by atoms with Crippen LogP contribution in [0, 0.1) is 0 Å². The first-order valence-electron chi connectivity index (χ1n) is 7.99. The molecule has 3 aromatic rings. The van der Waals surface area contributed by atoms with E-state index in [0.717, 1.165) is 17.7 Å². The summed E-state index contributed by atoms with van der Waals surface area (Å²) >= 11 is 0. The predicted octanol–water partition coefficient (Wildman–Crippen LogP) is 4.36. The van der Waals surface area contributed by atoms with Gasteiger partial charge in [-0.1, -0.05) is 0 Å². The maximum atomic E-state index is 12.6. The summed E-state index contributed by atoms with van der Waals surface area (Å²) in [6.07, 6.45) is 0.439. The zero-order chi connectivity index (χ0) is 19.3. The highest BCUT2D eigenvalue weighted by Crippen LogP contribution is 2.29. The molecule has 0 fully saturated rings. The highest BCUT2D eigenvalue weighted by atomic mass is 19.4. The summed E-state index contributed by atoms with van der Waals surface area (Å²) in [5.74, 6) is -0.512. The van der Waals surface area contributed by atoms with E-state index in [-0.39, 0.29) is 11.4 Å². The molecule has 0 saturated heterocycles. The number of hydrogen-bond donors (Lipinski definition) is 2. The number of anilines is 2. The molecule has 1 aromatic carbocycles. The van der Waals surface area contributed by atoms with Gasteiger partial charge in [-0.2, -0.15) is 13.2 Å². The zero-order valence-electron chi connectivity index (χ0n) is 14.0. The van der Waals surface area contributed by atoms with E-state index in [9.17, 15) is 18.0 Å². The molecule has 2 heterocycles. The molecule has 0 atom stereocenters. The minimum Gasteiger partial charge on any atom is -0.381 e. The molecule has 1 amide bonds. The number of alkyl halides is 3. The third-order valence-electron chi connectivity index (χ3n) is 3.71. The van der Waals surface area contributed by atoms with Gasteiger partial charge in [0.25, 0.3) is 5.91 Å². The van der Waals surface area contributed by atoms with E-state index in [2.05, 4.69) is 20.6 Å². The van der Waals surface area contributed by atoms with Gasteiger partial charge in [0.2, 0.25) is 0 Å². The van der Waals surface area contributed by atoms with Crippen LogP contribution in [-0.4, -0.2) is 15.9 Å². The van der Waals surface area contributed by atoms with Crippen LogP contribution in [0.1, 0.15) is 21.6 Å². The number of nitrogens with one attached hydrogen (secondary N) is 2. The summed E-state index contributed by atoms with van der Waals surface area (Å²) < 4.78 is 37.7. The topological polar surface area (TPSA) is 66.9 Å². The Morgan fingerprint density at radius 2 is 1.63 bits per heavy atom. The van der Waals surface area contributed by atoms with Crippen molar-refractivity contribution in [3.05, 3.63) is 83.9 Å². The van der Waals surface area contributed by atoms with Gasteiger partial charge >= 0.3 is 6.18 Å². The molecule has 0 unspecified atom stereocenters. The number of carbonyl (C=O) groups excluding carboxylic acids is 1. The van der Waals surface area contributed by atoms with E-state index in [0.29, 0.717) is 12.2 Å². The molecule has 0 spiro atoms. The fourth-order valence-electron chi connectivity index (χ4n) is 2.31. The van der Waals surface area contributed by atoms with Gasteiger partial charge in [0.15, 0.2) is 0 Å². The highest BCUT2D eigenvalue weighted by molar-refractivity contribution is 6.03. The Balaban J connectivity index is 1.64. The second-order valence-corrected chi connectivity index (χ2v) is 5.67. The number of amides is 1. The maximum absolute atomic E-state index is 12.6. The van der Waals surface area contributed by atoms with Crippen LogP contribution in [0.2, 0.25) is 0 Å². The molecule has 0 bridgehead atoms. The molecule has 0 aliphatic rings. The van der Waals surface area contributed by atoms with E-state index in [1.807, 2.05) is 12.1 Å². The summed E-state index contributed by atoms with van der Waals surface area (Å²) in [7, 11) is 0. The van der Waals surface area contributed by atoms with Gasteiger partial charge in [-0.3, -0.25) is 14.8 Å². The second kappa shape index (κ2) is 7.86. The molecule has 0 saturated carbocycles. The first kappa shape index (κ1) is 18.4. The van der Waals surface area contributed by atoms with E-state index < -0.39 is 17.6 Å². The summed E-state index contributed by atoms with van der Waals surface area (Å²) in [6.45, 7) is 0.548. The molecule has 5 nitrogen and oxygen atoms in total. The number of nitrogens with zero attached hydrogens (tertiary/aromatic N) is 2. The van der Waals surface area contributed by atoms with Crippen molar-refractivity contribution in [2.45, 2.75) is 12.7 Å². The molecular weight excluding hydrogens is 357 g/mol. The van der Waals surface area contributed by atoms with Crippen LogP contribution in [0.4, 0.5) is 24.5 Å². The van der Waals surface area contributed by atoms with Crippen molar-refractivity contribution in [2.75, 3.05) is 10.6 Å². The summed E-state index contributed by atoms with van der Waals surface area (Å²) in [5, 5.41) is 5.70. The first-order valence-corrected chi connectivity index (χ1v) is 7.99. The van der Waals surface area contributed by atoms with E-state index >= 15 is 0 Å². The van der Waals surface area contributed by atoms with E-state index in [1.54, 1.807) is 24.5 Å². The number of rotatable bonds is 5. The third kappa shape index (κ3) is 5.04. The molecule has 0 radical (unpaired) electrons. The van der Waals surface area contributed by atoms with Crippen molar-refractivity contribution in [3.8, 4) is 0 Å². The standard InChI is InChI=1S/C19H15F3N4O/c20-19(21,22)14-1-3-15(4-2-14)26-18(27)17-11-16(7-10-24-17)25-12-13-5-8-23-9-6-13/h1-11H,12H2,(H,24,25)(H,26,27). The Labute approximate surface area is 153 Å². The van der Waals surface area contributed by atoms with Gasteiger partial charge in [0.05, 0.1) is 5.56 Å². The largest absolute Gasteiger partial charge is 0.416 e. The Morgan fingerprint density at radius 3 is 2.30 bits per heavy atom. The van der Waals surface area contributed by atoms with Crippen LogP contribution in [0.5, 0.6) is 0 Å². The average Bonchev–Trinajstić information content (AvgIpc) is 2.67. The number of halogens is 3. The lowest BCUT2D eigenvalue weighted by atomic mass is 10.2. The molecular formula is C19H15F3N4O. The summed E-state index contributed by atoms with van der Waals surface area (Å²) in [6, 6.07) is 11.2. The fourth-order valence-corrected chi connectivity index (χ4v) is 2.31. The van der Waals surface area contributed by atoms with Gasteiger partial charge in [-0.05, 0) is 54.1 Å². The normalized spacial score (nSPS) is 11.1. The Morgan fingerprint density at radius 1 is 0.926 bits per heavy atom. The second-order valence-electron chi connectivity index (χ2n) is 5.67. The van der Waals surface area contributed by atoms with Gasteiger partial charge in [0.1, 0.15) is 5.69 Å². The molecule has 2 aromatic heterocycles. The lowest BCUT2D eigenvalue weighted by Gasteiger charge is -2.10. The molecule has 0 aliphatic carbocycles. The van der Waals surface area contributed by atoms with Crippen molar-refractivity contribution in [2.24, 2.45) is 0 Å². The van der Waals surface area contributed by atoms with Gasteiger partial charge in [-0.15, -0.1) is 0 Å². The van der Waals surface area contributed by atoms with E-state index in [4.69, 9.17) is 0 Å². The van der Waals surface area contributed by atoms with E-state index in [1.165, 1.54) is 18.3 Å². The highest BCUT2D eigenvalue weighted by Gasteiger charge is 2.30. The average molecular weight is 372 g/mol. The van der Waals surface area contributed by atoms with Gasteiger partial charge in [-0.25, -0.2) is 0 Å².